The molecule has 0 aromatic heterocycles. The summed E-state index contributed by atoms with van der Waals surface area (Å²) < 4.78 is 10.4. The third-order valence-corrected chi connectivity index (χ3v) is 3.23. The molecule has 1 fully saturated rings. The topological polar surface area (TPSA) is 50.7 Å². The number of fused-ring (bicyclic) bond motifs is 1. The molecular formula is C12H15NO3. The first-order valence-corrected chi connectivity index (χ1v) is 5.68. The van der Waals surface area contributed by atoms with E-state index in [1.165, 1.54) is 12.8 Å². The quantitative estimate of drug-likeness (QED) is 0.793. The van der Waals surface area contributed by atoms with Gasteiger partial charge in [-0.15, -0.1) is 0 Å². The zero-order chi connectivity index (χ0) is 11.0. The Morgan fingerprint density at radius 2 is 2.31 bits per heavy atom. The zero-order valence-corrected chi connectivity index (χ0v) is 9.03. The number of hydrogen-bond donors (Lipinski definition) is 2. The molecular weight excluding hydrogens is 206 g/mol. The van der Waals surface area contributed by atoms with Gasteiger partial charge in [0.1, 0.15) is 0 Å². The van der Waals surface area contributed by atoms with Crippen molar-refractivity contribution in [2.45, 2.75) is 25.3 Å². The molecule has 4 nitrogen and oxygen atoms in total. The summed E-state index contributed by atoms with van der Waals surface area (Å²) in [6, 6.07) is 4.26. The van der Waals surface area contributed by atoms with Crippen molar-refractivity contribution in [3.05, 3.63) is 17.7 Å². The Kier molecular flexibility index (Phi) is 2.36. The zero-order valence-electron chi connectivity index (χ0n) is 9.03. The highest BCUT2D eigenvalue weighted by molar-refractivity contribution is 5.56. The second kappa shape index (κ2) is 3.87. The van der Waals surface area contributed by atoms with E-state index >= 15 is 0 Å². The second-order valence-electron chi connectivity index (χ2n) is 4.30. The van der Waals surface area contributed by atoms with Gasteiger partial charge >= 0.3 is 0 Å². The Hall–Kier alpha value is -1.42. The first-order valence-electron chi connectivity index (χ1n) is 5.68. The largest absolute Gasteiger partial charge is 0.504 e. The van der Waals surface area contributed by atoms with Crippen LogP contribution in [0.3, 0.4) is 0 Å². The molecule has 86 valence electrons. The minimum atomic E-state index is 0.202. The lowest BCUT2D eigenvalue weighted by Gasteiger charge is -2.12. The van der Waals surface area contributed by atoms with Crippen molar-refractivity contribution in [2.24, 2.45) is 0 Å². The van der Waals surface area contributed by atoms with Gasteiger partial charge in [-0.25, -0.2) is 0 Å². The van der Waals surface area contributed by atoms with Crippen molar-refractivity contribution in [1.29, 1.82) is 0 Å². The molecule has 2 heterocycles. The van der Waals surface area contributed by atoms with E-state index in [9.17, 15) is 5.11 Å². The van der Waals surface area contributed by atoms with Crippen molar-refractivity contribution in [3.63, 3.8) is 0 Å². The molecule has 16 heavy (non-hydrogen) atoms. The average Bonchev–Trinajstić information content (AvgIpc) is 2.93. The molecule has 0 amide bonds. The molecule has 4 heteroatoms. The number of ether oxygens (including phenoxy) is 2. The van der Waals surface area contributed by atoms with Crippen molar-refractivity contribution in [3.8, 4) is 17.2 Å². The number of hydrogen-bond acceptors (Lipinski definition) is 4. The van der Waals surface area contributed by atoms with Crippen molar-refractivity contribution < 1.29 is 14.6 Å². The van der Waals surface area contributed by atoms with E-state index in [1.54, 1.807) is 0 Å². The van der Waals surface area contributed by atoms with Gasteiger partial charge in [-0.1, -0.05) is 6.07 Å². The molecule has 0 bridgehead atoms. The van der Waals surface area contributed by atoms with E-state index in [0.29, 0.717) is 17.5 Å². The fraction of sp³-hybridized carbons (Fsp3) is 0.500. The number of nitrogens with one attached hydrogen (secondary N) is 1. The maximum Gasteiger partial charge on any atom is 0.231 e. The number of benzene rings is 1. The molecule has 0 radical (unpaired) electrons. The normalized spacial score (nSPS) is 22.6. The molecule has 3 rings (SSSR count). The SMILES string of the molecule is Oc1c(CC2CCCN2)ccc2c1OCO2. The maximum atomic E-state index is 10.0. The van der Waals surface area contributed by atoms with E-state index in [2.05, 4.69) is 5.32 Å². The molecule has 2 aliphatic rings. The Morgan fingerprint density at radius 1 is 1.38 bits per heavy atom. The number of phenolic OH excluding ortho intramolecular Hbond substituents is 1. The third-order valence-electron chi connectivity index (χ3n) is 3.23. The van der Waals surface area contributed by atoms with Crippen molar-refractivity contribution >= 4 is 0 Å². The number of phenols is 1. The Balaban J connectivity index is 1.84. The van der Waals surface area contributed by atoms with Gasteiger partial charge < -0.3 is 19.9 Å². The molecule has 0 spiro atoms. The highest BCUT2D eigenvalue weighted by Crippen LogP contribution is 2.42. The van der Waals surface area contributed by atoms with Crippen LogP contribution in [0, 0.1) is 0 Å². The van der Waals surface area contributed by atoms with Crippen molar-refractivity contribution in [1.82, 2.24) is 5.32 Å². The lowest BCUT2D eigenvalue weighted by molar-refractivity contribution is 0.171. The molecule has 1 atom stereocenters. The minimum Gasteiger partial charge on any atom is -0.504 e. The van der Waals surface area contributed by atoms with Gasteiger partial charge in [-0.2, -0.15) is 0 Å². The van der Waals surface area contributed by atoms with Crippen LogP contribution in [-0.2, 0) is 6.42 Å². The van der Waals surface area contributed by atoms with Crippen LogP contribution in [0.25, 0.3) is 0 Å². The molecule has 0 saturated carbocycles. The summed E-state index contributed by atoms with van der Waals surface area (Å²) in [7, 11) is 0. The van der Waals surface area contributed by atoms with Crippen LogP contribution in [-0.4, -0.2) is 24.5 Å². The van der Waals surface area contributed by atoms with Gasteiger partial charge in [0, 0.05) is 6.04 Å². The predicted octanol–water partition coefficient (Wildman–Crippen LogP) is 1.42. The summed E-state index contributed by atoms with van der Waals surface area (Å²) in [5.41, 5.74) is 0.934. The molecule has 1 saturated heterocycles. The fourth-order valence-corrected chi connectivity index (χ4v) is 2.36. The molecule has 2 N–H and O–H groups in total. The van der Waals surface area contributed by atoms with E-state index in [4.69, 9.17) is 9.47 Å². The summed E-state index contributed by atoms with van der Waals surface area (Å²) >= 11 is 0. The average molecular weight is 221 g/mol. The molecule has 1 aromatic carbocycles. The van der Waals surface area contributed by atoms with Gasteiger partial charge in [0.2, 0.25) is 12.5 Å². The van der Waals surface area contributed by atoms with Gasteiger partial charge in [-0.05, 0) is 37.4 Å². The Bertz CT molecular complexity index is 399. The highest BCUT2D eigenvalue weighted by atomic mass is 16.7. The third kappa shape index (κ3) is 1.59. The lowest BCUT2D eigenvalue weighted by atomic mass is 10.0. The number of aromatic hydroxyl groups is 1. The number of rotatable bonds is 2. The van der Waals surface area contributed by atoms with Crippen molar-refractivity contribution in [2.75, 3.05) is 13.3 Å². The monoisotopic (exact) mass is 221 g/mol. The maximum absolute atomic E-state index is 10.0. The van der Waals surface area contributed by atoms with Crippen LogP contribution < -0.4 is 14.8 Å². The Morgan fingerprint density at radius 3 is 3.12 bits per heavy atom. The second-order valence-corrected chi connectivity index (χ2v) is 4.30. The smallest absolute Gasteiger partial charge is 0.231 e. The summed E-state index contributed by atoms with van der Waals surface area (Å²) in [4.78, 5) is 0. The summed E-state index contributed by atoms with van der Waals surface area (Å²) in [5.74, 6) is 1.37. The molecule has 2 aliphatic heterocycles. The lowest BCUT2D eigenvalue weighted by Crippen LogP contribution is -2.23. The van der Waals surface area contributed by atoms with Crippen LogP contribution >= 0.6 is 0 Å². The van der Waals surface area contributed by atoms with Gasteiger partial charge in [0.15, 0.2) is 11.5 Å². The van der Waals surface area contributed by atoms with E-state index in [0.717, 1.165) is 18.5 Å². The van der Waals surface area contributed by atoms with Crippen LogP contribution in [0.1, 0.15) is 18.4 Å². The minimum absolute atomic E-state index is 0.202. The van der Waals surface area contributed by atoms with Crippen LogP contribution in [0.4, 0.5) is 0 Å². The predicted molar refractivity (Wildman–Crippen MR) is 59.0 cm³/mol. The van der Waals surface area contributed by atoms with E-state index < -0.39 is 0 Å². The van der Waals surface area contributed by atoms with Gasteiger partial charge in [0.05, 0.1) is 0 Å². The summed E-state index contributed by atoms with van der Waals surface area (Å²) in [6.07, 6.45) is 3.24. The standard InChI is InChI=1S/C12H15NO3/c14-11-8(6-9-2-1-5-13-9)3-4-10-12(11)16-7-15-10/h3-4,9,13-14H,1-2,5-7H2. The van der Waals surface area contributed by atoms with Gasteiger partial charge in [0.25, 0.3) is 0 Å². The summed E-state index contributed by atoms with van der Waals surface area (Å²) in [6.45, 7) is 1.28. The Labute approximate surface area is 94.2 Å². The first kappa shape index (κ1) is 9.78. The van der Waals surface area contributed by atoms with E-state index in [-0.39, 0.29) is 12.5 Å². The molecule has 0 aliphatic carbocycles. The fourth-order valence-electron chi connectivity index (χ4n) is 2.36. The summed E-state index contributed by atoms with van der Waals surface area (Å²) in [5, 5.41) is 13.5. The van der Waals surface area contributed by atoms with Crippen LogP contribution in [0.5, 0.6) is 17.2 Å². The highest BCUT2D eigenvalue weighted by Gasteiger charge is 2.23. The first-order chi connectivity index (χ1) is 7.84. The van der Waals surface area contributed by atoms with Crippen LogP contribution in [0.2, 0.25) is 0 Å². The molecule has 1 unspecified atom stereocenters. The van der Waals surface area contributed by atoms with Crippen LogP contribution in [0.15, 0.2) is 12.1 Å². The van der Waals surface area contributed by atoms with E-state index in [1.807, 2.05) is 12.1 Å². The molecule has 1 aromatic rings. The van der Waals surface area contributed by atoms with Gasteiger partial charge in [-0.3, -0.25) is 0 Å².